The summed E-state index contributed by atoms with van der Waals surface area (Å²) in [7, 11) is 0. The lowest BCUT2D eigenvalue weighted by Gasteiger charge is -2.18. The van der Waals surface area contributed by atoms with E-state index in [0.29, 0.717) is 11.6 Å². The van der Waals surface area contributed by atoms with Crippen LogP contribution in [0.3, 0.4) is 0 Å². The molecule has 102 valence electrons. The summed E-state index contributed by atoms with van der Waals surface area (Å²) in [6.45, 7) is 8.22. The van der Waals surface area contributed by atoms with Gasteiger partial charge in [0.05, 0.1) is 5.69 Å². The highest BCUT2D eigenvalue weighted by atomic mass is 32.1. The monoisotopic (exact) mass is 278 g/mol. The molecule has 0 amide bonds. The predicted octanol–water partition coefficient (Wildman–Crippen LogP) is 4.06. The molecule has 0 saturated heterocycles. The topological polar surface area (TPSA) is 38.9 Å². The highest BCUT2D eigenvalue weighted by Gasteiger charge is 2.23. The Balaban J connectivity index is 2.45. The zero-order chi connectivity index (χ0) is 14.2. The number of nitrogen functional groups attached to an aromatic ring is 1. The molecular weight excluding hydrogens is 259 g/mol. The molecule has 1 heterocycles. The van der Waals surface area contributed by atoms with Crippen molar-refractivity contribution in [1.82, 2.24) is 4.98 Å². The first-order valence-electron chi connectivity index (χ1n) is 6.28. The van der Waals surface area contributed by atoms with Crippen LogP contribution in [0.25, 0.3) is 0 Å². The van der Waals surface area contributed by atoms with Gasteiger partial charge in [-0.3, -0.25) is 0 Å². The predicted molar refractivity (Wildman–Crippen MR) is 79.2 cm³/mol. The molecule has 1 aromatic heterocycles. The Labute approximate surface area is 117 Å². The fraction of sp³-hybridized carbons (Fsp3) is 0.400. The number of halogens is 1. The van der Waals surface area contributed by atoms with Gasteiger partial charge in [-0.15, -0.1) is 11.3 Å². The van der Waals surface area contributed by atoms with E-state index in [2.05, 4.69) is 25.8 Å². The number of aromatic nitrogens is 1. The average Bonchev–Trinajstić information content (AvgIpc) is 2.65. The minimum Gasteiger partial charge on any atom is -0.375 e. The van der Waals surface area contributed by atoms with Gasteiger partial charge in [-0.05, 0) is 24.1 Å². The van der Waals surface area contributed by atoms with Crippen molar-refractivity contribution in [2.75, 3.05) is 5.73 Å². The number of nitrogens with zero attached hydrogens (tertiary/aromatic N) is 1. The average molecular weight is 278 g/mol. The third-order valence-corrected chi connectivity index (χ3v) is 4.00. The maximum atomic E-state index is 13.9. The summed E-state index contributed by atoms with van der Waals surface area (Å²) in [5.74, 6) is -0.160. The first-order valence-corrected chi connectivity index (χ1v) is 7.10. The molecule has 0 atom stereocenters. The summed E-state index contributed by atoms with van der Waals surface area (Å²) < 4.78 is 13.9. The summed E-state index contributed by atoms with van der Waals surface area (Å²) in [4.78, 5) is 5.47. The van der Waals surface area contributed by atoms with Crippen LogP contribution in [-0.4, -0.2) is 4.98 Å². The molecular formula is C15H19FN2S. The van der Waals surface area contributed by atoms with Crippen LogP contribution >= 0.6 is 11.3 Å². The van der Waals surface area contributed by atoms with Crippen LogP contribution in [0.5, 0.6) is 0 Å². The van der Waals surface area contributed by atoms with E-state index in [9.17, 15) is 4.39 Å². The van der Waals surface area contributed by atoms with Crippen LogP contribution < -0.4 is 5.73 Å². The first-order chi connectivity index (χ1) is 8.79. The van der Waals surface area contributed by atoms with Crippen LogP contribution in [0.15, 0.2) is 18.2 Å². The summed E-state index contributed by atoms with van der Waals surface area (Å²) in [5.41, 5.74) is 8.41. The Morgan fingerprint density at radius 2 is 2.00 bits per heavy atom. The smallest absolute Gasteiger partial charge is 0.180 e. The normalized spacial score (nSPS) is 11.8. The van der Waals surface area contributed by atoms with Crippen LogP contribution in [0.2, 0.25) is 0 Å². The fourth-order valence-corrected chi connectivity index (χ4v) is 3.18. The molecule has 0 fully saturated rings. The minimum absolute atomic E-state index is 0.0807. The Bertz CT molecular complexity index is 576. The lowest BCUT2D eigenvalue weighted by molar-refractivity contribution is 0.566. The number of benzene rings is 1. The lowest BCUT2D eigenvalue weighted by atomic mass is 9.89. The van der Waals surface area contributed by atoms with Gasteiger partial charge >= 0.3 is 0 Å². The van der Waals surface area contributed by atoms with E-state index in [-0.39, 0.29) is 11.2 Å². The Morgan fingerprint density at radius 1 is 1.32 bits per heavy atom. The van der Waals surface area contributed by atoms with Crippen LogP contribution in [0.4, 0.5) is 9.52 Å². The van der Waals surface area contributed by atoms with Gasteiger partial charge in [0.25, 0.3) is 0 Å². The van der Waals surface area contributed by atoms with E-state index in [1.807, 2.05) is 13.0 Å². The molecule has 4 heteroatoms. The molecule has 19 heavy (non-hydrogen) atoms. The van der Waals surface area contributed by atoms with Gasteiger partial charge in [-0.2, -0.15) is 0 Å². The van der Waals surface area contributed by atoms with Gasteiger partial charge in [-0.1, -0.05) is 32.9 Å². The van der Waals surface area contributed by atoms with Gasteiger partial charge in [0.2, 0.25) is 0 Å². The minimum atomic E-state index is -0.160. The molecule has 0 aliphatic heterocycles. The molecule has 0 aliphatic rings. The van der Waals surface area contributed by atoms with Crippen molar-refractivity contribution < 1.29 is 4.39 Å². The van der Waals surface area contributed by atoms with E-state index in [1.54, 1.807) is 6.07 Å². The van der Waals surface area contributed by atoms with Crippen LogP contribution in [0.1, 0.15) is 42.5 Å². The van der Waals surface area contributed by atoms with E-state index in [0.717, 1.165) is 21.7 Å². The standard InChI is InChI=1S/C15H19FN2S/c1-9-6-5-7-11(16)10(9)8-12-13(15(2,3)4)18-14(17)19-12/h5-7H,8H2,1-4H3,(H2,17,18). The Morgan fingerprint density at radius 3 is 2.58 bits per heavy atom. The quantitative estimate of drug-likeness (QED) is 0.899. The van der Waals surface area contributed by atoms with Crippen molar-refractivity contribution in [3.8, 4) is 0 Å². The Hall–Kier alpha value is -1.42. The van der Waals surface area contributed by atoms with Crippen molar-refractivity contribution in [3.05, 3.63) is 45.7 Å². The summed E-state index contributed by atoms with van der Waals surface area (Å²) in [5, 5.41) is 0.550. The van der Waals surface area contributed by atoms with Gasteiger partial charge in [0, 0.05) is 16.7 Å². The maximum absolute atomic E-state index is 13.9. The number of thiazole rings is 1. The SMILES string of the molecule is Cc1cccc(F)c1Cc1sc(N)nc1C(C)(C)C. The molecule has 2 nitrogen and oxygen atoms in total. The van der Waals surface area contributed by atoms with Crippen molar-refractivity contribution in [2.24, 2.45) is 0 Å². The zero-order valence-electron chi connectivity index (χ0n) is 11.7. The second kappa shape index (κ2) is 4.93. The lowest BCUT2D eigenvalue weighted by Crippen LogP contribution is -2.14. The summed E-state index contributed by atoms with van der Waals surface area (Å²) in [6, 6.07) is 5.17. The van der Waals surface area contributed by atoms with E-state index >= 15 is 0 Å². The number of hydrogen-bond acceptors (Lipinski definition) is 3. The van der Waals surface area contributed by atoms with Crippen molar-refractivity contribution >= 4 is 16.5 Å². The van der Waals surface area contributed by atoms with Gasteiger partial charge < -0.3 is 5.73 Å². The maximum Gasteiger partial charge on any atom is 0.180 e. The number of anilines is 1. The molecule has 0 radical (unpaired) electrons. The zero-order valence-corrected chi connectivity index (χ0v) is 12.6. The van der Waals surface area contributed by atoms with Crippen molar-refractivity contribution in [3.63, 3.8) is 0 Å². The number of hydrogen-bond donors (Lipinski definition) is 1. The highest BCUT2D eigenvalue weighted by Crippen LogP contribution is 2.33. The van der Waals surface area contributed by atoms with Crippen molar-refractivity contribution in [1.29, 1.82) is 0 Å². The van der Waals surface area contributed by atoms with E-state index < -0.39 is 0 Å². The number of nitrogens with two attached hydrogens (primary N) is 1. The molecule has 0 bridgehead atoms. The first kappa shape index (κ1) is 14.0. The summed E-state index contributed by atoms with van der Waals surface area (Å²) in [6.07, 6.45) is 0.556. The van der Waals surface area contributed by atoms with Crippen LogP contribution in [-0.2, 0) is 11.8 Å². The summed E-state index contributed by atoms with van der Waals surface area (Å²) >= 11 is 1.45. The molecule has 0 saturated carbocycles. The molecule has 2 rings (SSSR count). The third-order valence-electron chi connectivity index (χ3n) is 3.11. The molecule has 0 aliphatic carbocycles. The molecule has 0 unspecified atom stereocenters. The number of aryl methyl sites for hydroxylation is 1. The van der Waals surface area contributed by atoms with Gasteiger partial charge in [-0.25, -0.2) is 9.37 Å². The van der Waals surface area contributed by atoms with E-state index in [1.165, 1.54) is 17.4 Å². The second-order valence-electron chi connectivity index (χ2n) is 5.79. The number of rotatable bonds is 2. The second-order valence-corrected chi connectivity index (χ2v) is 6.90. The van der Waals surface area contributed by atoms with Crippen molar-refractivity contribution in [2.45, 2.75) is 39.5 Å². The molecule has 2 aromatic rings. The largest absolute Gasteiger partial charge is 0.375 e. The molecule has 1 aromatic carbocycles. The van der Waals surface area contributed by atoms with Gasteiger partial charge in [0.1, 0.15) is 5.82 Å². The highest BCUT2D eigenvalue weighted by molar-refractivity contribution is 7.15. The molecule has 2 N–H and O–H groups in total. The Kier molecular flexibility index (Phi) is 3.63. The molecule has 0 spiro atoms. The van der Waals surface area contributed by atoms with Gasteiger partial charge in [0.15, 0.2) is 5.13 Å². The third kappa shape index (κ3) is 2.95. The van der Waals surface area contributed by atoms with E-state index in [4.69, 9.17) is 5.73 Å². The fourth-order valence-electron chi connectivity index (χ4n) is 2.13. The van der Waals surface area contributed by atoms with Crippen LogP contribution in [0, 0.1) is 12.7 Å².